The number of piperidine rings is 1. The summed E-state index contributed by atoms with van der Waals surface area (Å²) in [6.07, 6.45) is 1.45. The summed E-state index contributed by atoms with van der Waals surface area (Å²) in [6, 6.07) is 16.5. The van der Waals surface area contributed by atoms with Gasteiger partial charge in [0.05, 0.1) is 12.0 Å². The zero-order valence-electron chi connectivity index (χ0n) is 16.4. The van der Waals surface area contributed by atoms with Crippen LogP contribution < -0.4 is 15.5 Å². The first-order valence-corrected chi connectivity index (χ1v) is 9.50. The summed E-state index contributed by atoms with van der Waals surface area (Å²) in [5.41, 5.74) is 1.41. The van der Waals surface area contributed by atoms with Crippen LogP contribution >= 0.6 is 0 Å². The third-order valence-electron chi connectivity index (χ3n) is 5.28. The molecule has 1 fully saturated rings. The molecule has 0 spiro atoms. The summed E-state index contributed by atoms with van der Waals surface area (Å²) in [6.45, 7) is 1.96. The van der Waals surface area contributed by atoms with Crippen molar-refractivity contribution in [2.24, 2.45) is 5.41 Å². The second kappa shape index (κ2) is 8.99. The molecule has 28 heavy (non-hydrogen) atoms. The molecule has 0 radical (unpaired) electrons. The Bertz CT molecular complexity index is 811. The molecule has 0 bridgehead atoms. The minimum atomic E-state index is -0.541. The van der Waals surface area contributed by atoms with E-state index in [9.17, 15) is 9.59 Å². The molecule has 0 saturated carbocycles. The highest BCUT2D eigenvalue weighted by atomic mass is 16.5. The van der Waals surface area contributed by atoms with Gasteiger partial charge < -0.3 is 20.3 Å². The number of anilines is 2. The molecule has 1 aliphatic rings. The zero-order valence-corrected chi connectivity index (χ0v) is 16.4. The van der Waals surface area contributed by atoms with Crippen LogP contribution in [0.4, 0.5) is 11.4 Å². The van der Waals surface area contributed by atoms with Crippen molar-refractivity contribution in [1.29, 1.82) is 0 Å². The van der Waals surface area contributed by atoms with Gasteiger partial charge in [-0.05, 0) is 56.3 Å². The number of hydrogen-bond donors (Lipinski definition) is 2. The van der Waals surface area contributed by atoms with Crippen molar-refractivity contribution in [1.82, 2.24) is 5.32 Å². The highest BCUT2D eigenvalue weighted by molar-refractivity contribution is 6.06. The Morgan fingerprint density at radius 1 is 1.11 bits per heavy atom. The van der Waals surface area contributed by atoms with E-state index in [1.807, 2.05) is 30.3 Å². The first-order valence-electron chi connectivity index (χ1n) is 9.50. The molecule has 1 heterocycles. The molecule has 6 nitrogen and oxygen atoms in total. The summed E-state index contributed by atoms with van der Waals surface area (Å²) in [7, 11) is 3.36. The first-order chi connectivity index (χ1) is 13.6. The van der Waals surface area contributed by atoms with Gasteiger partial charge in [0.2, 0.25) is 5.91 Å². The Morgan fingerprint density at radius 3 is 2.50 bits per heavy atom. The predicted octanol–water partition coefficient (Wildman–Crippen LogP) is 2.92. The highest BCUT2D eigenvalue weighted by Gasteiger charge is 2.39. The van der Waals surface area contributed by atoms with E-state index in [4.69, 9.17) is 4.74 Å². The van der Waals surface area contributed by atoms with Gasteiger partial charge in [0.1, 0.15) is 0 Å². The summed E-state index contributed by atoms with van der Waals surface area (Å²) in [5.74, 6) is -0.187. The number of benzene rings is 2. The van der Waals surface area contributed by atoms with Crippen LogP contribution in [-0.2, 0) is 9.53 Å². The van der Waals surface area contributed by atoms with E-state index < -0.39 is 5.41 Å². The molecule has 0 unspecified atom stereocenters. The smallest absolute Gasteiger partial charge is 0.258 e. The van der Waals surface area contributed by atoms with Gasteiger partial charge in [-0.25, -0.2) is 0 Å². The summed E-state index contributed by atoms with van der Waals surface area (Å²) in [4.78, 5) is 27.4. The Labute approximate surface area is 165 Å². The van der Waals surface area contributed by atoms with Gasteiger partial charge in [0.15, 0.2) is 0 Å². The van der Waals surface area contributed by atoms with Crippen molar-refractivity contribution in [3.8, 4) is 0 Å². The lowest BCUT2D eigenvalue weighted by molar-refractivity contribution is -0.130. The Balaban J connectivity index is 1.75. The van der Waals surface area contributed by atoms with E-state index in [-0.39, 0.29) is 11.8 Å². The quantitative estimate of drug-likeness (QED) is 0.807. The van der Waals surface area contributed by atoms with Crippen LogP contribution in [0.1, 0.15) is 23.2 Å². The lowest BCUT2D eigenvalue weighted by Gasteiger charge is -2.35. The van der Waals surface area contributed by atoms with Crippen molar-refractivity contribution in [3.63, 3.8) is 0 Å². The monoisotopic (exact) mass is 381 g/mol. The molecule has 1 saturated heterocycles. The number of amides is 2. The van der Waals surface area contributed by atoms with E-state index >= 15 is 0 Å². The number of carbonyl (C=O) groups excluding carboxylic acids is 2. The number of hydrogen-bond acceptors (Lipinski definition) is 4. The Kier molecular flexibility index (Phi) is 6.44. The van der Waals surface area contributed by atoms with Crippen LogP contribution in [0.25, 0.3) is 0 Å². The normalized spacial score (nSPS) is 15.6. The minimum absolute atomic E-state index is 0.0585. The standard InChI is InChI=1S/C22H27N3O3/c1-25(19-9-4-3-5-10-19)20(26)17-7-6-8-18(15-17)24-21(27)22(16-28-2)11-13-23-14-12-22/h3-10,15,23H,11-14,16H2,1-2H3,(H,24,27). The number of carbonyl (C=O) groups is 2. The van der Waals surface area contributed by atoms with E-state index in [0.717, 1.165) is 31.6 Å². The second-order valence-electron chi connectivity index (χ2n) is 7.20. The van der Waals surface area contributed by atoms with E-state index in [2.05, 4.69) is 10.6 Å². The molecule has 2 N–H and O–H groups in total. The topological polar surface area (TPSA) is 70.7 Å². The molecule has 3 rings (SSSR count). The van der Waals surface area contributed by atoms with Gasteiger partial charge in [-0.1, -0.05) is 24.3 Å². The van der Waals surface area contributed by atoms with Crippen LogP contribution in [-0.4, -0.2) is 45.7 Å². The van der Waals surface area contributed by atoms with Crippen LogP contribution in [0, 0.1) is 5.41 Å². The van der Waals surface area contributed by atoms with Gasteiger partial charge in [0, 0.05) is 31.1 Å². The van der Waals surface area contributed by atoms with Gasteiger partial charge in [-0.2, -0.15) is 0 Å². The molecule has 2 amide bonds. The molecule has 0 aliphatic carbocycles. The van der Waals surface area contributed by atoms with Crippen LogP contribution in [0.3, 0.4) is 0 Å². The number of rotatable bonds is 6. The van der Waals surface area contributed by atoms with Crippen LogP contribution in [0.15, 0.2) is 54.6 Å². The second-order valence-corrected chi connectivity index (χ2v) is 7.20. The van der Waals surface area contributed by atoms with E-state index in [1.54, 1.807) is 43.3 Å². The maximum Gasteiger partial charge on any atom is 0.258 e. The highest BCUT2D eigenvalue weighted by Crippen LogP contribution is 2.31. The lowest BCUT2D eigenvalue weighted by Crippen LogP contribution is -2.47. The fourth-order valence-corrected chi connectivity index (χ4v) is 3.57. The number of nitrogens with zero attached hydrogens (tertiary/aromatic N) is 1. The van der Waals surface area contributed by atoms with Gasteiger partial charge >= 0.3 is 0 Å². The third-order valence-corrected chi connectivity index (χ3v) is 5.28. The van der Waals surface area contributed by atoms with Crippen molar-refractivity contribution in [3.05, 3.63) is 60.2 Å². The van der Waals surface area contributed by atoms with Crippen molar-refractivity contribution < 1.29 is 14.3 Å². The summed E-state index contributed by atoms with van der Waals surface area (Å²) >= 11 is 0. The van der Waals surface area contributed by atoms with Gasteiger partial charge in [0.25, 0.3) is 5.91 Å². The lowest BCUT2D eigenvalue weighted by atomic mass is 9.78. The average molecular weight is 381 g/mol. The molecular weight excluding hydrogens is 354 g/mol. The van der Waals surface area contributed by atoms with Gasteiger partial charge in [-0.3, -0.25) is 9.59 Å². The maximum atomic E-state index is 13.0. The maximum absolute atomic E-state index is 13.0. The number of ether oxygens (including phenoxy) is 1. The average Bonchev–Trinajstić information content (AvgIpc) is 2.74. The summed E-state index contributed by atoms with van der Waals surface area (Å²) in [5, 5.41) is 6.28. The van der Waals surface area contributed by atoms with Gasteiger partial charge in [-0.15, -0.1) is 0 Å². The van der Waals surface area contributed by atoms with Crippen molar-refractivity contribution >= 4 is 23.2 Å². The third kappa shape index (κ3) is 4.40. The minimum Gasteiger partial charge on any atom is -0.384 e. The molecule has 0 aromatic heterocycles. The molecule has 1 aliphatic heterocycles. The molecule has 2 aromatic carbocycles. The Hall–Kier alpha value is -2.70. The predicted molar refractivity (Wildman–Crippen MR) is 111 cm³/mol. The molecule has 6 heteroatoms. The molecule has 2 aromatic rings. The van der Waals surface area contributed by atoms with E-state index in [0.29, 0.717) is 17.9 Å². The van der Waals surface area contributed by atoms with E-state index in [1.165, 1.54) is 0 Å². The fourth-order valence-electron chi connectivity index (χ4n) is 3.57. The molecular formula is C22H27N3O3. The number of methoxy groups -OCH3 is 1. The first kappa shape index (κ1) is 20.0. The molecule has 148 valence electrons. The fraction of sp³-hybridized carbons (Fsp3) is 0.364. The van der Waals surface area contributed by atoms with Crippen molar-refractivity contribution in [2.75, 3.05) is 44.1 Å². The Morgan fingerprint density at radius 2 is 1.82 bits per heavy atom. The largest absolute Gasteiger partial charge is 0.384 e. The van der Waals surface area contributed by atoms with Crippen molar-refractivity contribution in [2.45, 2.75) is 12.8 Å². The number of nitrogens with one attached hydrogen (secondary N) is 2. The van der Waals surface area contributed by atoms with Crippen LogP contribution in [0.2, 0.25) is 0 Å². The zero-order chi connectivity index (χ0) is 20.0. The molecule has 0 atom stereocenters. The van der Waals surface area contributed by atoms with Crippen LogP contribution in [0.5, 0.6) is 0 Å². The SMILES string of the molecule is COCC1(C(=O)Nc2cccc(C(=O)N(C)c3ccccc3)c2)CCNCC1. The summed E-state index contributed by atoms with van der Waals surface area (Å²) < 4.78 is 5.34. The number of para-hydroxylation sites is 1.